The van der Waals surface area contributed by atoms with Gasteiger partial charge in [-0.1, -0.05) is 6.07 Å². The molecular weight excluding hydrogens is 385 g/mol. The van der Waals surface area contributed by atoms with Crippen LogP contribution in [0.5, 0.6) is 11.5 Å². The molecule has 0 bridgehead atoms. The van der Waals surface area contributed by atoms with Gasteiger partial charge >= 0.3 is 0 Å². The number of nitrogens with one attached hydrogen (secondary N) is 1. The van der Waals surface area contributed by atoms with Crippen LogP contribution in [0.1, 0.15) is 12.5 Å². The molecule has 0 aliphatic carbocycles. The van der Waals surface area contributed by atoms with Crippen LogP contribution in [0.3, 0.4) is 0 Å². The summed E-state index contributed by atoms with van der Waals surface area (Å²) in [7, 11) is 0. The fourth-order valence-electron chi connectivity index (χ4n) is 4.02. The van der Waals surface area contributed by atoms with E-state index in [2.05, 4.69) is 4.90 Å². The molecule has 0 unspecified atom stereocenters. The van der Waals surface area contributed by atoms with Gasteiger partial charge in [0, 0.05) is 18.8 Å². The number of hydrogen-bond acceptors (Lipinski definition) is 4. The van der Waals surface area contributed by atoms with Gasteiger partial charge < -0.3 is 24.2 Å². The zero-order chi connectivity index (χ0) is 20.9. The zero-order valence-corrected chi connectivity index (χ0v) is 17.4. The third-order valence-corrected chi connectivity index (χ3v) is 5.78. The minimum Gasteiger partial charge on any atom is -0.486 e. The standard InChI is InChI=1S/C23H28FN3O3/c1-2-26(16-18-3-8-21-22(15-18)30-14-13-29-21)23(28)17-25-9-11-27(12-10-25)20-6-4-19(24)5-7-20/h3-8,15H,2,9-14,16-17H2,1H3/p+1. The Morgan fingerprint density at radius 3 is 2.47 bits per heavy atom. The molecule has 6 nitrogen and oxygen atoms in total. The topological polar surface area (TPSA) is 46.5 Å². The highest BCUT2D eigenvalue weighted by Crippen LogP contribution is 2.31. The van der Waals surface area contributed by atoms with Gasteiger partial charge in [0.1, 0.15) is 19.0 Å². The van der Waals surface area contributed by atoms with Gasteiger partial charge in [0.2, 0.25) is 0 Å². The number of carbonyl (C=O) groups is 1. The number of rotatable bonds is 6. The molecule has 2 aliphatic heterocycles. The van der Waals surface area contributed by atoms with Gasteiger partial charge in [-0.05, 0) is 48.9 Å². The second-order valence-corrected chi connectivity index (χ2v) is 7.78. The number of piperazine rings is 1. The molecule has 1 N–H and O–H groups in total. The monoisotopic (exact) mass is 414 g/mol. The fourth-order valence-corrected chi connectivity index (χ4v) is 4.02. The van der Waals surface area contributed by atoms with E-state index in [-0.39, 0.29) is 11.7 Å². The summed E-state index contributed by atoms with van der Waals surface area (Å²) in [5.41, 5.74) is 2.08. The van der Waals surface area contributed by atoms with Crippen molar-refractivity contribution >= 4 is 11.6 Å². The van der Waals surface area contributed by atoms with Crippen molar-refractivity contribution in [3.63, 3.8) is 0 Å². The van der Waals surface area contributed by atoms with Crippen molar-refractivity contribution in [2.45, 2.75) is 13.5 Å². The van der Waals surface area contributed by atoms with E-state index in [0.717, 1.165) is 48.9 Å². The number of amides is 1. The number of carbonyl (C=O) groups excluding carboxylic acids is 1. The van der Waals surface area contributed by atoms with Gasteiger partial charge in [0.05, 0.1) is 26.2 Å². The van der Waals surface area contributed by atoms with Crippen LogP contribution >= 0.6 is 0 Å². The van der Waals surface area contributed by atoms with Crippen molar-refractivity contribution in [2.75, 3.05) is 57.4 Å². The number of benzene rings is 2. The lowest BCUT2D eigenvalue weighted by Crippen LogP contribution is -3.15. The number of likely N-dealkylation sites (N-methyl/N-ethyl adjacent to an activating group) is 1. The van der Waals surface area contributed by atoms with Crippen LogP contribution in [0.15, 0.2) is 42.5 Å². The molecule has 2 aromatic carbocycles. The predicted molar refractivity (Wildman–Crippen MR) is 113 cm³/mol. The summed E-state index contributed by atoms with van der Waals surface area (Å²) < 4.78 is 24.4. The molecule has 2 heterocycles. The molecule has 0 radical (unpaired) electrons. The number of nitrogens with zero attached hydrogens (tertiary/aromatic N) is 2. The van der Waals surface area contributed by atoms with Crippen LogP contribution < -0.4 is 19.3 Å². The second-order valence-electron chi connectivity index (χ2n) is 7.78. The third kappa shape index (κ3) is 4.84. The Labute approximate surface area is 176 Å². The Bertz CT molecular complexity index is 866. The van der Waals surface area contributed by atoms with Crippen LogP contribution in [-0.4, -0.2) is 63.3 Å². The molecule has 30 heavy (non-hydrogen) atoms. The summed E-state index contributed by atoms with van der Waals surface area (Å²) in [4.78, 5) is 18.4. The first-order valence-electron chi connectivity index (χ1n) is 10.6. The Kier molecular flexibility index (Phi) is 6.38. The Morgan fingerprint density at radius 2 is 1.77 bits per heavy atom. The smallest absolute Gasteiger partial charge is 0.278 e. The molecule has 160 valence electrons. The molecular formula is C23H29FN3O3+. The van der Waals surface area contributed by atoms with E-state index in [1.54, 1.807) is 0 Å². The van der Waals surface area contributed by atoms with Crippen LogP contribution in [0.2, 0.25) is 0 Å². The van der Waals surface area contributed by atoms with E-state index in [0.29, 0.717) is 32.8 Å². The number of halogens is 1. The van der Waals surface area contributed by atoms with Crippen molar-refractivity contribution in [3.05, 3.63) is 53.8 Å². The van der Waals surface area contributed by atoms with E-state index in [1.165, 1.54) is 17.0 Å². The second kappa shape index (κ2) is 9.34. The molecule has 2 aromatic rings. The highest BCUT2D eigenvalue weighted by Gasteiger charge is 2.25. The first kappa shape index (κ1) is 20.5. The molecule has 0 saturated carbocycles. The molecule has 0 atom stereocenters. The van der Waals surface area contributed by atoms with E-state index in [4.69, 9.17) is 9.47 Å². The van der Waals surface area contributed by atoms with Gasteiger partial charge in [-0.2, -0.15) is 0 Å². The van der Waals surface area contributed by atoms with Gasteiger partial charge in [-0.25, -0.2) is 4.39 Å². The van der Waals surface area contributed by atoms with Crippen molar-refractivity contribution in [1.29, 1.82) is 0 Å². The molecule has 1 fully saturated rings. The number of anilines is 1. The van der Waals surface area contributed by atoms with Gasteiger partial charge in [0.15, 0.2) is 18.0 Å². The maximum absolute atomic E-state index is 13.1. The van der Waals surface area contributed by atoms with E-state index < -0.39 is 0 Å². The third-order valence-electron chi connectivity index (χ3n) is 5.78. The van der Waals surface area contributed by atoms with Crippen LogP contribution in [0.4, 0.5) is 10.1 Å². The minimum absolute atomic E-state index is 0.164. The molecule has 7 heteroatoms. The highest BCUT2D eigenvalue weighted by molar-refractivity contribution is 5.77. The summed E-state index contributed by atoms with van der Waals surface area (Å²) >= 11 is 0. The average Bonchev–Trinajstić information content (AvgIpc) is 2.78. The average molecular weight is 415 g/mol. The summed E-state index contributed by atoms with van der Waals surface area (Å²) in [5.74, 6) is 1.47. The van der Waals surface area contributed by atoms with Crippen LogP contribution in [0, 0.1) is 5.82 Å². The summed E-state index contributed by atoms with van der Waals surface area (Å²) in [6.07, 6.45) is 0. The van der Waals surface area contributed by atoms with Crippen LogP contribution in [0.25, 0.3) is 0 Å². The lowest BCUT2D eigenvalue weighted by atomic mass is 10.1. The predicted octanol–water partition coefficient (Wildman–Crippen LogP) is 1.35. The van der Waals surface area contributed by atoms with Gasteiger partial charge in [0.25, 0.3) is 5.91 Å². The normalized spacial score (nSPS) is 16.4. The maximum atomic E-state index is 13.1. The lowest BCUT2D eigenvalue weighted by Gasteiger charge is -2.34. The van der Waals surface area contributed by atoms with E-state index in [1.807, 2.05) is 42.2 Å². The quantitative estimate of drug-likeness (QED) is 0.775. The number of ether oxygens (including phenoxy) is 2. The number of quaternary nitrogens is 1. The van der Waals surface area contributed by atoms with Crippen molar-refractivity contribution in [1.82, 2.24) is 4.90 Å². The first-order chi connectivity index (χ1) is 14.6. The largest absolute Gasteiger partial charge is 0.486 e. The molecule has 0 spiro atoms. The molecule has 1 saturated heterocycles. The summed E-state index contributed by atoms with van der Waals surface area (Å²) in [6, 6.07) is 12.5. The molecule has 4 rings (SSSR count). The summed E-state index contributed by atoms with van der Waals surface area (Å²) in [5, 5.41) is 0. The minimum atomic E-state index is -0.216. The van der Waals surface area contributed by atoms with Crippen molar-refractivity contribution in [2.24, 2.45) is 0 Å². The van der Waals surface area contributed by atoms with Crippen LogP contribution in [-0.2, 0) is 11.3 Å². The maximum Gasteiger partial charge on any atom is 0.278 e. The number of hydrogen-bond donors (Lipinski definition) is 1. The van der Waals surface area contributed by atoms with Gasteiger partial charge in [-0.15, -0.1) is 0 Å². The Hall–Kier alpha value is -2.80. The zero-order valence-electron chi connectivity index (χ0n) is 17.4. The van der Waals surface area contributed by atoms with Crippen molar-refractivity contribution in [3.8, 4) is 11.5 Å². The lowest BCUT2D eigenvalue weighted by molar-refractivity contribution is -0.892. The molecule has 0 aromatic heterocycles. The Morgan fingerprint density at radius 1 is 1.07 bits per heavy atom. The Balaban J connectivity index is 1.30. The number of fused-ring (bicyclic) bond motifs is 1. The summed E-state index contributed by atoms with van der Waals surface area (Å²) in [6.45, 7) is 8.39. The van der Waals surface area contributed by atoms with Crippen molar-refractivity contribution < 1.29 is 23.6 Å². The first-order valence-corrected chi connectivity index (χ1v) is 10.6. The SMILES string of the molecule is CCN(Cc1ccc2c(c1)OCCO2)C(=O)C[NH+]1CCN(c2ccc(F)cc2)CC1. The van der Waals surface area contributed by atoms with E-state index in [9.17, 15) is 9.18 Å². The van der Waals surface area contributed by atoms with Gasteiger partial charge in [-0.3, -0.25) is 4.79 Å². The molecule has 1 amide bonds. The fraction of sp³-hybridized carbons (Fsp3) is 0.435. The van der Waals surface area contributed by atoms with E-state index >= 15 is 0 Å². The molecule has 2 aliphatic rings. The highest BCUT2D eigenvalue weighted by atomic mass is 19.1.